The summed E-state index contributed by atoms with van der Waals surface area (Å²) < 4.78 is 11.6. The van der Waals surface area contributed by atoms with E-state index >= 15 is 0 Å². The van der Waals surface area contributed by atoms with Crippen LogP contribution in [0.25, 0.3) is 0 Å². The van der Waals surface area contributed by atoms with Gasteiger partial charge >= 0.3 is 8.25 Å². The van der Waals surface area contributed by atoms with Crippen molar-refractivity contribution in [2.45, 2.75) is 0 Å². The Kier molecular flexibility index (Phi) is 9.50. The van der Waals surface area contributed by atoms with E-state index in [0.717, 1.165) is 0 Å². The second kappa shape index (κ2) is 8.05. The van der Waals surface area contributed by atoms with Crippen molar-refractivity contribution in [2.24, 2.45) is 22.4 Å². The second-order valence-corrected chi connectivity index (χ2v) is 1.47. The molecule has 0 saturated heterocycles. The van der Waals surface area contributed by atoms with Gasteiger partial charge in [0.1, 0.15) is 0 Å². The monoisotopic (exact) mass is 172 g/mol. The van der Waals surface area contributed by atoms with E-state index < -0.39 is 8.25 Å². The number of guanidine groups is 1. The van der Waals surface area contributed by atoms with Crippen molar-refractivity contribution in [3.63, 3.8) is 0 Å². The number of nitrogens with two attached hydrogens (primary N) is 3. The zero-order valence-corrected chi connectivity index (χ0v) is 5.69. The first kappa shape index (κ1) is 11.8. The minimum atomic E-state index is -3.04. The fraction of sp³-hybridized carbons (Fsp3) is 0. The van der Waals surface area contributed by atoms with Crippen molar-refractivity contribution in [3.8, 4) is 0 Å². The van der Waals surface area contributed by atoms with Gasteiger partial charge in [0.2, 0.25) is 5.96 Å². The molecule has 0 aromatic heterocycles. The van der Waals surface area contributed by atoms with Gasteiger partial charge < -0.3 is 22.2 Å². The van der Waals surface area contributed by atoms with E-state index in [9.17, 15) is 0 Å². The number of hydrogen-bond donors (Lipinski definition) is 4. The van der Waals surface area contributed by atoms with Crippen molar-refractivity contribution in [1.29, 1.82) is 0 Å². The molecular weight excluding hydrogens is 163 g/mol. The summed E-state index contributed by atoms with van der Waals surface area (Å²) in [5.74, 6) is 4.42. The molecule has 0 fully saturated rings. The molecule has 1 unspecified atom stereocenters. The Morgan fingerprint density at radius 1 is 1.80 bits per heavy atom. The Balaban J connectivity index is -0.000000107. The van der Waals surface area contributed by atoms with Crippen LogP contribution in [0.15, 0.2) is 5.10 Å². The molecule has 0 aromatic rings. The van der Waals surface area contributed by atoms with Gasteiger partial charge in [0.25, 0.3) is 0 Å². The van der Waals surface area contributed by atoms with Crippen molar-refractivity contribution in [1.82, 2.24) is 0 Å². The van der Waals surface area contributed by atoms with Crippen molar-refractivity contribution < 1.29 is 20.8 Å². The summed E-state index contributed by atoms with van der Waals surface area (Å²) in [7, 11) is -3.04. The molecule has 0 aliphatic rings. The van der Waals surface area contributed by atoms with Gasteiger partial charge in [0.15, 0.2) is 0 Å². The molecular formula is CH9N4O4P. The van der Waals surface area contributed by atoms with Crippen LogP contribution < -0.4 is 22.2 Å². The smallest absolute Gasteiger partial charge is 0.521 e. The van der Waals surface area contributed by atoms with E-state index in [2.05, 4.69) is 15.6 Å². The minimum Gasteiger partial charge on any atom is -0.565 e. The quantitative estimate of drug-likeness (QED) is 0.0876. The van der Waals surface area contributed by atoms with E-state index in [1.807, 2.05) is 0 Å². The van der Waals surface area contributed by atoms with Crippen LogP contribution in [0.3, 0.4) is 0 Å². The highest BCUT2D eigenvalue weighted by atomic mass is 31.1. The first-order chi connectivity index (χ1) is 4.54. The Morgan fingerprint density at radius 2 is 2.00 bits per heavy atom. The van der Waals surface area contributed by atoms with Crippen molar-refractivity contribution in [3.05, 3.63) is 0 Å². The highest BCUT2D eigenvalue weighted by Crippen LogP contribution is 2.02. The Morgan fingerprint density at radius 3 is 2.00 bits per heavy atom. The topological polar surface area (TPSA) is 160 Å². The first-order valence-electron chi connectivity index (χ1n) is 1.79. The molecule has 0 aromatic carbocycles. The van der Waals surface area contributed by atoms with E-state index in [4.69, 9.17) is 26.2 Å². The van der Waals surface area contributed by atoms with E-state index in [1.165, 1.54) is 0 Å². The van der Waals surface area contributed by atoms with Crippen LogP contribution in [0.4, 0.5) is 0 Å². The van der Waals surface area contributed by atoms with E-state index in [1.54, 1.807) is 0 Å². The minimum absolute atomic E-state index is 0. The summed E-state index contributed by atoms with van der Waals surface area (Å²) in [5.41, 5.74) is 9.39. The molecule has 0 radical (unpaired) electrons. The van der Waals surface area contributed by atoms with Crippen LogP contribution in [-0.2, 0) is 9.24 Å². The van der Waals surface area contributed by atoms with Crippen LogP contribution >= 0.6 is 8.25 Å². The normalized spacial score (nSPS) is 8.80. The van der Waals surface area contributed by atoms with Gasteiger partial charge in [0.05, 0.1) is 0 Å². The van der Waals surface area contributed by atoms with Gasteiger partial charge in [-0.2, -0.15) is 0 Å². The molecule has 10 heavy (non-hydrogen) atoms. The molecule has 0 aliphatic heterocycles. The lowest BCUT2D eigenvalue weighted by Gasteiger charge is -1.76. The maximum atomic E-state index is 8.93. The molecule has 0 heterocycles. The molecule has 0 rings (SSSR count). The standard InChI is InChI=1S/CH6N4.HO4P.H2/c2-1(3)5-4;1-4-5(2)3;/h4H2,(H4,2,3,5);1H;1H. The molecule has 7 N–H and O–H groups in total. The van der Waals surface area contributed by atoms with E-state index in [-0.39, 0.29) is 7.39 Å². The molecule has 0 spiro atoms. The average Bonchev–Trinajstić information content (AvgIpc) is 1.89. The summed E-state index contributed by atoms with van der Waals surface area (Å²) in [4.78, 5) is 8.93. The molecule has 62 valence electrons. The molecule has 0 aliphatic carbocycles. The zero-order chi connectivity index (χ0) is 8.57. The summed E-state index contributed by atoms with van der Waals surface area (Å²) in [5, 5.41) is 9.91. The summed E-state index contributed by atoms with van der Waals surface area (Å²) in [6.45, 7) is 0. The van der Waals surface area contributed by atoms with Crippen molar-refractivity contribution >= 4 is 14.2 Å². The number of rotatable bonds is 1. The average molecular weight is 172 g/mol. The Bertz CT molecular complexity index is 125. The third-order valence-electron chi connectivity index (χ3n) is 0.216. The van der Waals surface area contributed by atoms with Gasteiger partial charge in [-0.25, -0.2) is 5.26 Å². The Labute approximate surface area is 58.6 Å². The SMILES string of the molecule is NN=C(N)N.O=[P+]([O-])OO.[HH]. The van der Waals surface area contributed by atoms with E-state index in [0.29, 0.717) is 0 Å². The van der Waals surface area contributed by atoms with Crippen molar-refractivity contribution in [2.75, 3.05) is 0 Å². The van der Waals surface area contributed by atoms with Gasteiger partial charge in [0, 0.05) is 6.10 Å². The fourth-order valence-corrected chi connectivity index (χ4v) is 0. The van der Waals surface area contributed by atoms with Crippen LogP contribution in [0, 0.1) is 0 Å². The number of hydrazone groups is 1. The van der Waals surface area contributed by atoms with Gasteiger partial charge in [-0.3, -0.25) is 0 Å². The zero-order valence-electron chi connectivity index (χ0n) is 4.80. The lowest BCUT2D eigenvalue weighted by atomic mass is 11.1. The molecule has 8 nitrogen and oxygen atoms in total. The predicted molar refractivity (Wildman–Crippen MR) is 33.4 cm³/mol. The van der Waals surface area contributed by atoms with Gasteiger partial charge in [-0.1, -0.05) is 0 Å². The lowest BCUT2D eigenvalue weighted by Crippen LogP contribution is -2.23. The molecule has 9 heteroatoms. The summed E-state index contributed by atoms with van der Waals surface area (Å²) >= 11 is 0. The van der Waals surface area contributed by atoms with Gasteiger partial charge in [-0.15, -0.1) is 5.10 Å². The molecule has 0 amide bonds. The van der Waals surface area contributed by atoms with Crippen LogP contribution in [-0.4, -0.2) is 11.2 Å². The maximum Gasteiger partial charge on any atom is 0.521 e. The highest BCUT2D eigenvalue weighted by molar-refractivity contribution is 7.30. The fourth-order valence-electron chi connectivity index (χ4n) is 0. The third-order valence-corrected chi connectivity index (χ3v) is 0.349. The summed E-state index contributed by atoms with van der Waals surface area (Å²) in [6.07, 6.45) is 0. The first-order valence-corrected chi connectivity index (χ1v) is 2.88. The summed E-state index contributed by atoms with van der Waals surface area (Å²) in [6, 6.07) is 0. The second-order valence-electron chi connectivity index (χ2n) is 0.859. The highest BCUT2D eigenvalue weighted by Gasteiger charge is 1.90. The van der Waals surface area contributed by atoms with Crippen LogP contribution in [0.2, 0.25) is 0 Å². The maximum absolute atomic E-state index is 8.93. The predicted octanol–water partition coefficient (Wildman–Crippen LogP) is -2.13. The largest absolute Gasteiger partial charge is 0.565 e. The van der Waals surface area contributed by atoms with Crippen LogP contribution in [0.1, 0.15) is 1.43 Å². The van der Waals surface area contributed by atoms with Gasteiger partial charge in [-0.05, 0) is 4.57 Å². The number of nitrogens with zero attached hydrogens (tertiary/aromatic N) is 1. The molecule has 0 bridgehead atoms. The third kappa shape index (κ3) is 27.7. The molecule has 1 atom stereocenters. The number of hydrogen-bond acceptors (Lipinski definition) is 6. The Hall–Kier alpha value is -0.950. The lowest BCUT2D eigenvalue weighted by molar-refractivity contribution is -0.244. The molecule has 0 saturated carbocycles. The van der Waals surface area contributed by atoms with Crippen LogP contribution in [0.5, 0.6) is 0 Å².